The smallest absolute Gasteiger partial charge is 0.262 e. The van der Waals surface area contributed by atoms with Crippen LogP contribution in [0.25, 0.3) is 0 Å². The largest absolute Gasteiger partial charge is 0.497 e. The van der Waals surface area contributed by atoms with E-state index in [1.54, 1.807) is 65.6 Å². The van der Waals surface area contributed by atoms with Crippen LogP contribution in [0.3, 0.4) is 0 Å². The molecule has 0 saturated carbocycles. The van der Waals surface area contributed by atoms with Gasteiger partial charge in [-0.2, -0.15) is 11.3 Å². The maximum atomic E-state index is 14.5. The summed E-state index contributed by atoms with van der Waals surface area (Å²) in [7, 11) is 3.40. The second-order valence-electron chi connectivity index (χ2n) is 11.8. The Balaban J connectivity index is 1.25. The van der Waals surface area contributed by atoms with Crippen molar-refractivity contribution in [1.29, 1.82) is 0 Å². The normalized spacial score (nSPS) is 10.7. The molecule has 0 saturated heterocycles. The molecule has 2 amide bonds. The maximum Gasteiger partial charge on any atom is 0.262 e. The van der Waals surface area contributed by atoms with Crippen molar-refractivity contribution in [2.75, 3.05) is 19.1 Å². The zero-order chi connectivity index (χ0) is 34.7. The fourth-order valence-corrected chi connectivity index (χ4v) is 6.10. The van der Waals surface area contributed by atoms with Crippen LogP contribution in [0.1, 0.15) is 43.0 Å². The monoisotopic (exact) mass is 682 g/mol. The van der Waals surface area contributed by atoms with Gasteiger partial charge in [0.05, 0.1) is 19.2 Å². The van der Waals surface area contributed by atoms with E-state index in [0.29, 0.717) is 48.0 Å². The van der Waals surface area contributed by atoms with Crippen LogP contribution in [-0.4, -0.2) is 30.9 Å². The highest BCUT2D eigenvalue weighted by Crippen LogP contribution is 2.31. The lowest BCUT2D eigenvalue weighted by Crippen LogP contribution is -2.31. The Hall–Kier alpha value is -5.86. The number of carbonyl (C=O) groups is 2. The number of benzene rings is 5. The van der Waals surface area contributed by atoms with Gasteiger partial charge in [0.25, 0.3) is 11.8 Å². The highest BCUT2D eigenvalue weighted by Gasteiger charge is 2.24. The van der Waals surface area contributed by atoms with E-state index in [4.69, 9.17) is 14.2 Å². The minimum Gasteiger partial charge on any atom is -0.497 e. The second-order valence-corrected chi connectivity index (χ2v) is 12.6. The first-order valence-corrected chi connectivity index (χ1v) is 17.2. The fourth-order valence-electron chi connectivity index (χ4n) is 5.44. The van der Waals surface area contributed by atoms with Gasteiger partial charge in [0.1, 0.15) is 30.5 Å². The highest BCUT2D eigenvalue weighted by atomic mass is 32.1. The Bertz CT molecular complexity index is 1980. The molecule has 0 spiro atoms. The van der Waals surface area contributed by atoms with Crippen molar-refractivity contribution in [3.8, 4) is 17.2 Å². The molecule has 0 aliphatic rings. The summed E-state index contributed by atoms with van der Waals surface area (Å²) in [5, 5.41) is 4.02. The summed E-state index contributed by atoms with van der Waals surface area (Å²) in [6, 6.07) is 41.9. The van der Waals surface area contributed by atoms with Gasteiger partial charge in [0.15, 0.2) is 0 Å². The summed E-state index contributed by atoms with van der Waals surface area (Å²) >= 11 is 1.57. The Morgan fingerprint density at radius 2 is 1.26 bits per heavy atom. The summed E-state index contributed by atoms with van der Waals surface area (Å²) < 4.78 is 17.7. The first-order chi connectivity index (χ1) is 24.5. The summed E-state index contributed by atoms with van der Waals surface area (Å²) in [5.74, 6) is 1.43. The number of nitrogens with zero attached hydrogens (tertiary/aromatic N) is 2. The molecular weight excluding hydrogens is 645 g/mol. The third-order valence-electron chi connectivity index (χ3n) is 8.19. The molecular formula is C42H38N2O5S. The topological polar surface area (TPSA) is 68.3 Å². The standard InChI is InChI=1S/C42H38N2O5S/c1-43(26-31-13-19-37(47-2)20-14-31)41(45)35-15-17-36(18-16-35)44(27-34-23-24-50-30-34)42(46)39-22-21-38(48-28-32-9-5-3-6-10-32)25-40(39)49-29-33-11-7-4-8-12-33/h3-25,30H,26-29H2,1-2H3. The van der Waals surface area contributed by atoms with Crippen LogP contribution in [-0.2, 0) is 26.3 Å². The fraction of sp³-hybridized carbons (Fsp3) is 0.143. The number of thiophene rings is 1. The van der Waals surface area contributed by atoms with E-state index in [9.17, 15) is 9.59 Å². The van der Waals surface area contributed by atoms with Crippen LogP contribution in [0, 0.1) is 0 Å². The van der Waals surface area contributed by atoms with Gasteiger partial charge in [-0.3, -0.25) is 9.59 Å². The molecule has 1 heterocycles. The van der Waals surface area contributed by atoms with Gasteiger partial charge in [0.2, 0.25) is 0 Å². The van der Waals surface area contributed by atoms with Crippen molar-refractivity contribution >= 4 is 28.8 Å². The van der Waals surface area contributed by atoms with Crippen molar-refractivity contribution in [2.24, 2.45) is 0 Å². The third-order valence-corrected chi connectivity index (χ3v) is 8.92. The van der Waals surface area contributed by atoms with Crippen LogP contribution in [0.4, 0.5) is 5.69 Å². The Labute approximate surface area is 296 Å². The molecule has 7 nitrogen and oxygen atoms in total. The minimum absolute atomic E-state index is 0.120. The Morgan fingerprint density at radius 1 is 0.620 bits per heavy atom. The molecule has 0 aliphatic heterocycles. The molecule has 50 heavy (non-hydrogen) atoms. The van der Waals surface area contributed by atoms with E-state index in [1.165, 1.54) is 0 Å². The number of hydrogen-bond acceptors (Lipinski definition) is 6. The average molecular weight is 683 g/mol. The molecule has 252 valence electrons. The molecule has 6 aromatic rings. The molecule has 0 aliphatic carbocycles. The van der Waals surface area contributed by atoms with Gasteiger partial charge in [-0.25, -0.2) is 0 Å². The number of hydrogen-bond donors (Lipinski definition) is 0. The quantitative estimate of drug-likeness (QED) is 0.115. The van der Waals surface area contributed by atoms with Crippen LogP contribution in [0.5, 0.6) is 17.2 Å². The molecule has 0 unspecified atom stereocenters. The first-order valence-electron chi connectivity index (χ1n) is 16.3. The lowest BCUT2D eigenvalue weighted by molar-refractivity contribution is 0.0785. The van der Waals surface area contributed by atoms with E-state index in [2.05, 4.69) is 0 Å². The van der Waals surface area contributed by atoms with Gasteiger partial charge >= 0.3 is 0 Å². The van der Waals surface area contributed by atoms with Crippen LogP contribution >= 0.6 is 11.3 Å². The van der Waals surface area contributed by atoms with E-state index in [-0.39, 0.29) is 18.4 Å². The van der Waals surface area contributed by atoms with Crippen molar-refractivity contribution in [3.63, 3.8) is 0 Å². The third kappa shape index (κ3) is 8.78. The van der Waals surface area contributed by atoms with Crippen LogP contribution in [0.2, 0.25) is 0 Å². The number of methoxy groups -OCH3 is 1. The molecule has 0 bridgehead atoms. The number of carbonyl (C=O) groups excluding carboxylic acids is 2. The van der Waals surface area contributed by atoms with Crippen molar-refractivity contribution in [1.82, 2.24) is 4.90 Å². The predicted molar refractivity (Wildman–Crippen MR) is 198 cm³/mol. The van der Waals surface area contributed by atoms with E-state index in [1.807, 2.05) is 114 Å². The number of amides is 2. The Kier molecular flexibility index (Phi) is 11.2. The number of rotatable bonds is 14. The molecule has 0 fully saturated rings. The lowest BCUT2D eigenvalue weighted by Gasteiger charge is -2.25. The first kappa shape index (κ1) is 34.0. The van der Waals surface area contributed by atoms with Gasteiger partial charge < -0.3 is 24.0 Å². The zero-order valence-electron chi connectivity index (χ0n) is 28.0. The summed E-state index contributed by atoms with van der Waals surface area (Å²) in [4.78, 5) is 31.2. The van der Waals surface area contributed by atoms with Gasteiger partial charge in [-0.15, -0.1) is 0 Å². The molecule has 6 rings (SSSR count). The number of anilines is 1. The zero-order valence-corrected chi connectivity index (χ0v) is 28.8. The molecule has 1 aromatic heterocycles. The molecule has 0 N–H and O–H groups in total. The number of ether oxygens (including phenoxy) is 3. The minimum atomic E-state index is -0.232. The summed E-state index contributed by atoms with van der Waals surface area (Å²) in [5.41, 5.74) is 5.60. The lowest BCUT2D eigenvalue weighted by atomic mass is 10.1. The molecule has 0 atom stereocenters. The van der Waals surface area contributed by atoms with Crippen molar-refractivity contribution in [3.05, 3.63) is 178 Å². The second kappa shape index (κ2) is 16.5. The molecule has 8 heteroatoms. The van der Waals surface area contributed by atoms with Crippen molar-refractivity contribution in [2.45, 2.75) is 26.3 Å². The van der Waals surface area contributed by atoms with Crippen molar-refractivity contribution < 1.29 is 23.8 Å². The van der Waals surface area contributed by atoms with Crippen LogP contribution in [0.15, 0.2) is 144 Å². The predicted octanol–water partition coefficient (Wildman–Crippen LogP) is 9.03. The average Bonchev–Trinajstić information content (AvgIpc) is 3.69. The van der Waals surface area contributed by atoms with E-state index in [0.717, 1.165) is 28.0 Å². The van der Waals surface area contributed by atoms with Gasteiger partial charge in [-0.05, 0) is 87.6 Å². The van der Waals surface area contributed by atoms with Crippen LogP contribution < -0.4 is 19.1 Å². The van der Waals surface area contributed by atoms with Gasteiger partial charge in [0, 0.05) is 30.9 Å². The Morgan fingerprint density at radius 3 is 1.88 bits per heavy atom. The molecule has 5 aromatic carbocycles. The SMILES string of the molecule is COc1ccc(CN(C)C(=O)c2ccc(N(Cc3ccsc3)C(=O)c3ccc(OCc4ccccc4)cc3OCc3ccccc3)cc2)cc1. The van der Waals surface area contributed by atoms with E-state index < -0.39 is 0 Å². The van der Waals surface area contributed by atoms with Gasteiger partial charge in [-0.1, -0.05) is 72.8 Å². The molecule has 0 radical (unpaired) electrons. The highest BCUT2D eigenvalue weighted by molar-refractivity contribution is 7.07. The van der Waals surface area contributed by atoms with E-state index >= 15 is 0 Å². The summed E-state index contributed by atoms with van der Waals surface area (Å²) in [6.45, 7) is 1.47. The maximum absolute atomic E-state index is 14.5. The summed E-state index contributed by atoms with van der Waals surface area (Å²) in [6.07, 6.45) is 0.